The van der Waals surface area contributed by atoms with E-state index in [2.05, 4.69) is 258 Å². The van der Waals surface area contributed by atoms with Gasteiger partial charge in [0.1, 0.15) is 0 Å². The van der Waals surface area contributed by atoms with Crippen LogP contribution in [0.15, 0.2) is 292 Å². The summed E-state index contributed by atoms with van der Waals surface area (Å²) in [4.78, 5) is 28.7. The van der Waals surface area contributed by atoms with Crippen molar-refractivity contribution in [1.82, 2.24) is 19.9 Å². The molecule has 366 valence electrons. The second-order valence-corrected chi connectivity index (χ2v) is 19.5. The van der Waals surface area contributed by atoms with E-state index >= 15 is 0 Å². The Morgan fingerprint density at radius 2 is 0.474 bits per heavy atom. The first-order valence-electron chi connectivity index (χ1n) is 26.3. The minimum atomic E-state index is -0.216. The molecule has 78 heavy (non-hydrogen) atoms. The highest BCUT2D eigenvalue weighted by Crippen LogP contribution is 2.51. The van der Waals surface area contributed by atoms with Gasteiger partial charge in [0, 0.05) is 69.8 Å². The lowest BCUT2D eigenvalue weighted by Crippen LogP contribution is -2.53. The van der Waals surface area contributed by atoms with Gasteiger partial charge in [-0.15, -0.1) is 0 Å². The molecule has 0 spiro atoms. The zero-order valence-corrected chi connectivity index (χ0v) is 42.4. The Kier molecular flexibility index (Phi) is 11.9. The van der Waals surface area contributed by atoms with Gasteiger partial charge in [0.25, 0.3) is 0 Å². The highest BCUT2D eigenvalue weighted by atomic mass is 15.3. The zero-order chi connectivity index (χ0) is 51.8. The van der Waals surface area contributed by atoms with Gasteiger partial charge in [0.2, 0.25) is 0 Å². The van der Waals surface area contributed by atoms with Crippen molar-refractivity contribution in [2.45, 2.75) is 0 Å². The Balaban J connectivity index is 0.932. The van der Waals surface area contributed by atoms with E-state index in [-0.39, 0.29) is 14.0 Å². The van der Waals surface area contributed by atoms with Gasteiger partial charge in [-0.2, -0.15) is 0 Å². The van der Waals surface area contributed by atoms with Gasteiger partial charge in [0.15, 0.2) is 0 Å². The predicted molar refractivity (Wildman–Crippen MR) is 323 cm³/mol. The standard InChI is InChI=1S/C68H48B2N8/c1-3-15-55(16-4-1)69-75(57-33-23-49(24-34-57)61-19-7-11-43-71-61)65-41-31-53(47-67(65)77(69)59-37-27-51(28-38-59)63-21-9-13-45-73-63)54-32-42-66-68(48-54)78(60-39-29-52(30-40-60)64-22-10-14-46-74-64)70(56-17-5-2-6-18-56)76(66)58-35-25-50(26-36-58)62-20-8-12-44-72-62/h1-48H. The molecule has 8 nitrogen and oxygen atoms in total. The van der Waals surface area contributed by atoms with Crippen LogP contribution < -0.4 is 30.2 Å². The molecule has 14 rings (SSSR count). The summed E-state index contributed by atoms with van der Waals surface area (Å²) < 4.78 is 0. The molecule has 2 aliphatic heterocycles. The molecule has 4 aromatic heterocycles. The SMILES string of the molecule is c1ccc(B2N(c3ccc(-c4ccccn4)cc3)c3ccc(-c4ccc5c(c4)N(c4ccc(-c6ccccn6)cc4)B(c4ccccc4)N5c4ccc(-c5ccccn5)cc4)cc3N2c2ccc(-c3ccccn3)cc2)cc1. The number of fused-ring (bicyclic) bond motifs is 2. The average molecular weight is 999 g/mol. The molecule has 10 heteroatoms. The molecule has 0 radical (unpaired) electrons. The van der Waals surface area contributed by atoms with Crippen LogP contribution >= 0.6 is 0 Å². The quantitative estimate of drug-likeness (QED) is 0.119. The zero-order valence-electron chi connectivity index (χ0n) is 42.4. The van der Waals surface area contributed by atoms with Gasteiger partial charge >= 0.3 is 14.0 Å². The summed E-state index contributed by atoms with van der Waals surface area (Å²) in [7, 11) is 0. The summed E-state index contributed by atoms with van der Waals surface area (Å²) in [6.07, 6.45) is 7.39. The van der Waals surface area contributed by atoms with Crippen LogP contribution in [0.2, 0.25) is 0 Å². The van der Waals surface area contributed by atoms with Crippen LogP contribution in [0.4, 0.5) is 45.5 Å². The topological polar surface area (TPSA) is 64.5 Å². The summed E-state index contributed by atoms with van der Waals surface area (Å²) in [6, 6.07) is 95.1. The van der Waals surface area contributed by atoms with E-state index in [9.17, 15) is 0 Å². The van der Waals surface area contributed by atoms with Crippen LogP contribution in [-0.4, -0.2) is 33.9 Å². The number of benzene rings is 8. The number of anilines is 8. The average Bonchev–Trinajstić information content (AvgIpc) is 4.11. The molecule has 0 saturated carbocycles. The summed E-state index contributed by atoms with van der Waals surface area (Å²) in [6.45, 7) is -0.432. The van der Waals surface area contributed by atoms with Gasteiger partial charge in [-0.3, -0.25) is 19.9 Å². The number of nitrogens with zero attached hydrogens (tertiary/aromatic N) is 8. The van der Waals surface area contributed by atoms with Crippen molar-refractivity contribution < 1.29 is 0 Å². The molecule has 0 N–H and O–H groups in total. The maximum atomic E-state index is 4.69. The summed E-state index contributed by atoms with van der Waals surface area (Å²) in [5.41, 5.74) is 21.2. The highest BCUT2D eigenvalue weighted by molar-refractivity contribution is 6.85. The summed E-state index contributed by atoms with van der Waals surface area (Å²) in [5.74, 6) is 0. The van der Waals surface area contributed by atoms with Crippen molar-refractivity contribution in [2.75, 3.05) is 19.2 Å². The Bertz CT molecular complexity index is 3750. The second-order valence-electron chi connectivity index (χ2n) is 19.5. The van der Waals surface area contributed by atoms with Crippen molar-refractivity contribution in [3.63, 3.8) is 0 Å². The maximum absolute atomic E-state index is 4.69. The van der Waals surface area contributed by atoms with E-state index in [4.69, 9.17) is 0 Å². The third-order valence-corrected chi connectivity index (χ3v) is 14.9. The van der Waals surface area contributed by atoms with E-state index in [1.54, 1.807) is 0 Å². The van der Waals surface area contributed by atoms with Gasteiger partial charge in [0.05, 0.1) is 45.5 Å². The monoisotopic (exact) mass is 998 g/mol. The Morgan fingerprint density at radius 3 is 0.744 bits per heavy atom. The molecule has 0 bridgehead atoms. The minimum absolute atomic E-state index is 0.216. The molecule has 2 aliphatic rings. The molecular weight excluding hydrogens is 950 g/mol. The van der Waals surface area contributed by atoms with Gasteiger partial charge in [-0.05, 0) is 143 Å². The number of aromatic nitrogens is 4. The molecule has 0 atom stereocenters. The molecule has 0 saturated heterocycles. The number of hydrogen-bond donors (Lipinski definition) is 0. The van der Waals surface area contributed by atoms with Crippen LogP contribution in [0.3, 0.4) is 0 Å². The first-order chi connectivity index (χ1) is 38.7. The Labute approximate surface area is 455 Å². The fraction of sp³-hybridized carbons (Fsp3) is 0. The van der Waals surface area contributed by atoms with Crippen molar-refractivity contribution >= 4 is 70.4 Å². The first-order valence-corrected chi connectivity index (χ1v) is 26.3. The van der Waals surface area contributed by atoms with E-state index in [1.165, 1.54) is 10.9 Å². The highest BCUT2D eigenvalue weighted by Gasteiger charge is 2.46. The molecule has 6 heterocycles. The molecule has 0 amide bonds. The van der Waals surface area contributed by atoms with Gasteiger partial charge in [-0.25, -0.2) is 0 Å². The van der Waals surface area contributed by atoms with Crippen LogP contribution in [-0.2, 0) is 0 Å². The van der Waals surface area contributed by atoms with Crippen LogP contribution in [0.5, 0.6) is 0 Å². The summed E-state index contributed by atoms with van der Waals surface area (Å²) >= 11 is 0. The molecular formula is C68H48B2N8. The largest absolute Gasteiger partial charge is 0.420 e. The lowest BCUT2D eigenvalue weighted by Gasteiger charge is -2.30. The van der Waals surface area contributed by atoms with E-state index in [0.29, 0.717) is 0 Å². The van der Waals surface area contributed by atoms with Crippen molar-refractivity contribution in [1.29, 1.82) is 0 Å². The van der Waals surface area contributed by atoms with Gasteiger partial charge in [-0.1, -0.05) is 146 Å². The first kappa shape index (κ1) is 46.2. The molecule has 8 aromatic carbocycles. The summed E-state index contributed by atoms with van der Waals surface area (Å²) in [5, 5.41) is 0. The van der Waals surface area contributed by atoms with Gasteiger partial charge < -0.3 is 19.2 Å². The van der Waals surface area contributed by atoms with Crippen molar-refractivity contribution in [3.8, 4) is 56.2 Å². The molecule has 0 fully saturated rings. The Hall–Kier alpha value is -10.3. The van der Waals surface area contributed by atoms with Crippen LogP contribution in [0.1, 0.15) is 0 Å². The molecule has 0 aliphatic carbocycles. The van der Waals surface area contributed by atoms with E-state index in [1.807, 2.05) is 73.3 Å². The lowest BCUT2D eigenvalue weighted by molar-refractivity contribution is 1.32. The maximum Gasteiger partial charge on any atom is 0.420 e. The third-order valence-electron chi connectivity index (χ3n) is 14.9. The van der Waals surface area contributed by atoms with Crippen molar-refractivity contribution in [2.24, 2.45) is 0 Å². The second kappa shape index (κ2) is 20.1. The minimum Gasteiger partial charge on any atom is -0.360 e. The number of rotatable bonds is 11. The lowest BCUT2D eigenvalue weighted by atomic mass is 9.64. The van der Waals surface area contributed by atoms with Crippen LogP contribution in [0.25, 0.3) is 56.2 Å². The van der Waals surface area contributed by atoms with E-state index < -0.39 is 0 Å². The predicted octanol–water partition coefficient (Wildman–Crippen LogP) is 15.0. The Morgan fingerprint density at radius 1 is 0.218 bits per heavy atom. The fourth-order valence-corrected chi connectivity index (χ4v) is 11.2. The van der Waals surface area contributed by atoms with E-state index in [0.717, 1.165) is 102 Å². The smallest absolute Gasteiger partial charge is 0.360 e. The van der Waals surface area contributed by atoms with Crippen LogP contribution in [0, 0.1) is 0 Å². The fourth-order valence-electron chi connectivity index (χ4n) is 11.2. The van der Waals surface area contributed by atoms with Crippen molar-refractivity contribution in [3.05, 3.63) is 292 Å². The number of pyridine rings is 4. The normalized spacial score (nSPS) is 12.7. The molecule has 12 aromatic rings. The molecule has 0 unspecified atom stereocenters. The third kappa shape index (κ3) is 8.51. The number of hydrogen-bond acceptors (Lipinski definition) is 8.